The van der Waals surface area contributed by atoms with Gasteiger partial charge in [0.15, 0.2) is 11.5 Å². The Morgan fingerprint density at radius 3 is 2.42 bits per heavy atom. The first kappa shape index (κ1) is 12.9. The first-order chi connectivity index (χ1) is 9.22. The molecule has 0 bridgehead atoms. The standard InChI is InChI=1S/C13H16N4O2/c1-18-11-4-3-9(5-12(11)19-2)6-15-13-16-7-10(14)8-17-13/h3-5,7-8H,6,14H2,1-2H3,(H,15,16,17). The van der Waals surface area contributed by atoms with Crippen LogP contribution in [-0.4, -0.2) is 24.2 Å². The maximum Gasteiger partial charge on any atom is 0.222 e. The van der Waals surface area contributed by atoms with Crippen LogP contribution in [0.4, 0.5) is 11.6 Å². The van der Waals surface area contributed by atoms with Crippen molar-refractivity contribution in [1.29, 1.82) is 0 Å². The number of aromatic nitrogens is 2. The van der Waals surface area contributed by atoms with E-state index in [9.17, 15) is 0 Å². The summed E-state index contributed by atoms with van der Waals surface area (Å²) in [4.78, 5) is 8.13. The molecule has 0 unspecified atom stereocenters. The number of nitrogens with zero attached hydrogens (tertiary/aromatic N) is 2. The number of ether oxygens (including phenoxy) is 2. The van der Waals surface area contributed by atoms with Crippen LogP contribution >= 0.6 is 0 Å². The highest BCUT2D eigenvalue weighted by molar-refractivity contribution is 5.44. The first-order valence-corrected chi connectivity index (χ1v) is 5.75. The van der Waals surface area contributed by atoms with Crippen molar-refractivity contribution in [3.8, 4) is 11.5 Å². The Morgan fingerprint density at radius 2 is 1.79 bits per heavy atom. The van der Waals surface area contributed by atoms with Crippen LogP contribution in [0, 0.1) is 0 Å². The van der Waals surface area contributed by atoms with Gasteiger partial charge in [-0.3, -0.25) is 0 Å². The molecular formula is C13H16N4O2. The van der Waals surface area contributed by atoms with Gasteiger partial charge in [0.05, 0.1) is 32.3 Å². The summed E-state index contributed by atoms with van der Waals surface area (Å²) in [5, 5.41) is 3.10. The molecule has 0 fully saturated rings. The second-order valence-electron chi connectivity index (χ2n) is 3.88. The molecule has 0 saturated heterocycles. The number of nitrogens with one attached hydrogen (secondary N) is 1. The lowest BCUT2D eigenvalue weighted by Gasteiger charge is -2.10. The molecule has 2 aromatic rings. The van der Waals surface area contributed by atoms with E-state index in [4.69, 9.17) is 15.2 Å². The third-order valence-corrected chi connectivity index (χ3v) is 2.57. The minimum Gasteiger partial charge on any atom is -0.493 e. The van der Waals surface area contributed by atoms with Crippen molar-refractivity contribution < 1.29 is 9.47 Å². The predicted molar refractivity (Wildman–Crippen MR) is 73.3 cm³/mol. The Hall–Kier alpha value is -2.50. The summed E-state index contributed by atoms with van der Waals surface area (Å²) < 4.78 is 10.4. The van der Waals surface area contributed by atoms with Crippen LogP contribution in [0.2, 0.25) is 0 Å². The Kier molecular flexibility index (Phi) is 4.02. The summed E-state index contributed by atoms with van der Waals surface area (Å²) in [6, 6.07) is 5.72. The molecule has 0 atom stereocenters. The van der Waals surface area contributed by atoms with Crippen molar-refractivity contribution in [3.05, 3.63) is 36.2 Å². The van der Waals surface area contributed by atoms with Crippen LogP contribution in [0.3, 0.4) is 0 Å². The fraction of sp³-hybridized carbons (Fsp3) is 0.231. The molecule has 0 aliphatic rings. The smallest absolute Gasteiger partial charge is 0.222 e. The molecule has 0 aliphatic carbocycles. The maximum absolute atomic E-state index is 5.52. The van der Waals surface area contributed by atoms with Gasteiger partial charge >= 0.3 is 0 Å². The van der Waals surface area contributed by atoms with E-state index in [1.165, 1.54) is 0 Å². The number of benzene rings is 1. The monoisotopic (exact) mass is 260 g/mol. The van der Waals surface area contributed by atoms with E-state index in [1.807, 2.05) is 18.2 Å². The molecular weight excluding hydrogens is 244 g/mol. The maximum atomic E-state index is 5.52. The highest BCUT2D eigenvalue weighted by Crippen LogP contribution is 2.27. The van der Waals surface area contributed by atoms with Crippen LogP contribution in [0.5, 0.6) is 11.5 Å². The molecule has 19 heavy (non-hydrogen) atoms. The molecule has 1 heterocycles. The highest BCUT2D eigenvalue weighted by Gasteiger charge is 2.04. The normalized spacial score (nSPS) is 10.0. The zero-order chi connectivity index (χ0) is 13.7. The number of hydrogen-bond acceptors (Lipinski definition) is 6. The lowest BCUT2D eigenvalue weighted by Crippen LogP contribution is -2.04. The number of anilines is 2. The molecule has 0 amide bonds. The minimum atomic E-state index is 0.531. The quantitative estimate of drug-likeness (QED) is 0.851. The SMILES string of the molecule is COc1ccc(CNc2ncc(N)cn2)cc1OC. The average molecular weight is 260 g/mol. The predicted octanol–water partition coefficient (Wildman–Crippen LogP) is 1.69. The molecule has 100 valence electrons. The van der Waals surface area contributed by atoms with Crippen molar-refractivity contribution >= 4 is 11.6 Å². The fourth-order valence-corrected chi connectivity index (χ4v) is 1.60. The Balaban J connectivity index is 2.05. The summed E-state index contributed by atoms with van der Waals surface area (Å²) >= 11 is 0. The fourth-order valence-electron chi connectivity index (χ4n) is 1.60. The van der Waals surface area contributed by atoms with Crippen LogP contribution < -0.4 is 20.5 Å². The minimum absolute atomic E-state index is 0.531. The van der Waals surface area contributed by atoms with Crippen molar-refractivity contribution in [1.82, 2.24) is 9.97 Å². The lowest BCUT2D eigenvalue weighted by atomic mass is 10.2. The second-order valence-corrected chi connectivity index (χ2v) is 3.88. The van der Waals surface area contributed by atoms with Crippen molar-refractivity contribution in [2.45, 2.75) is 6.54 Å². The van der Waals surface area contributed by atoms with Crippen LogP contribution in [0.25, 0.3) is 0 Å². The van der Waals surface area contributed by atoms with Gasteiger partial charge < -0.3 is 20.5 Å². The van der Waals surface area contributed by atoms with Gasteiger partial charge in [0, 0.05) is 6.54 Å². The van der Waals surface area contributed by atoms with Crippen molar-refractivity contribution in [2.75, 3.05) is 25.3 Å². The van der Waals surface area contributed by atoms with Crippen LogP contribution in [-0.2, 0) is 6.54 Å². The summed E-state index contributed by atoms with van der Waals surface area (Å²) in [6.07, 6.45) is 3.12. The average Bonchev–Trinajstić information content (AvgIpc) is 2.46. The molecule has 1 aromatic heterocycles. The lowest BCUT2D eigenvalue weighted by molar-refractivity contribution is 0.354. The van der Waals surface area contributed by atoms with E-state index in [1.54, 1.807) is 26.6 Å². The Bertz CT molecular complexity index is 543. The zero-order valence-corrected chi connectivity index (χ0v) is 10.9. The van der Waals surface area contributed by atoms with E-state index in [2.05, 4.69) is 15.3 Å². The number of methoxy groups -OCH3 is 2. The largest absolute Gasteiger partial charge is 0.493 e. The molecule has 6 heteroatoms. The van der Waals surface area contributed by atoms with Gasteiger partial charge in [0.2, 0.25) is 5.95 Å². The number of rotatable bonds is 5. The molecule has 0 aliphatic heterocycles. The van der Waals surface area contributed by atoms with E-state index in [-0.39, 0.29) is 0 Å². The van der Waals surface area contributed by atoms with Gasteiger partial charge in [-0.2, -0.15) is 0 Å². The summed E-state index contributed by atoms with van der Waals surface area (Å²) in [6.45, 7) is 0.588. The third kappa shape index (κ3) is 3.25. The summed E-state index contributed by atoms with van der Waals surface area (Å²) in [5.74, 6) is 1.93. The van der Waals surface area contributed by atoms with Gasteiger partial charge in [-0.1, -0.05) is 6.07 Å². The molecule has 3 N–H and O–H groups in total. The Morgan fingerprint density at radius 1 is 1.11 bits per heavy atom. The number of nitrogen functional groups attached to an aromatic ring is 1. The topological polar surface area (TPSA) is 82.3 Å². The summed E-state index contributed by atoms with van der Waals surface area (Å²) in [5.41, 5.74) is 7.10. The van der Waals surface area contributed by atoms with E-state index < -0.39 is 0 Å². The van der Waals surface area contributed by atoms with E-state index in [0.717, 1.165) is 5.56 Å². The van der Waals surface area contributed by atoms with Crippen molar-refractivity contribution in [2.24, 2.45) is 0 Å². The van der Waals surface area contributed by atoms with E-state index >= 15 is 0 Å². The van der Waals surface area contributed by atoms with Gasteiger partial charge in [-0.15, -0.1) is 0 Å². The Labute approximate surface area is 111 Å². The zero-order valence-electron chi connectivity index (χ0n) is 10.9. The van der Waals surface area contributed by atoms with Crippen molar-refractivity contribution in [3.63, 3.8) is 0 Å². The van der Waals surface area contributed by atoms with Crippen LogP contribution in [0.1, 0.15) is 5.56 Å². The molecule has 1 aromatic carbocycles. The van der Waals surface area contributed by atoms with Gasteiger partial charge in [-0.25, -0.2) is 9.97 Å². The third-order valence-electron chi connectivity index (χ3n) is 2.57. The second kappa shape index (κ2) is 5.90. The molecule has 0 radical (unpaired) electrons. The molecule has 0 spiro atoms. The number of nitrogens with two attached hydrogens (primary N) is 1. The van der Waals surface area contributed by atoms with Gasteiger partial charge in [-0.05, 0) is 17.7 Å². The molecule has 2 rings (SSSR count). The molecule has 0 saturated carbocycles. The van der Waals surface area contributed by atoms with Gasteiger partial charge in [0.1, 0.15) is 0 Å². The first-order valence-electron chi connectivity index (χ1n) is 5.75. The van der Waals surface area contributed by atoms with Gasteiger partial charge in [0.25, 0.3) is 0 Å². The highest BCUT2D eigenvalue weighted by atomic mass is 16.5. The van der Waals surface area contributed by atoms with Crippen LogP contribution in [0.15, 0.2) is 30.6 Å². The molecule has 6 nitrogen and oxygen atoms in total. The number of hydrogen-bond donors (Lipinski definition) is 2. The summed E-state index contributed by atoms with van der Waals surface area (Å²) in [7, 11) is 3.22. The van der Waals surface area contributed by atoms with E-state index in [0.29, 0.717) is 29.7 Å².